The molecule has 76 valence electrons. The van der Waals surface area contributed by atoms with Crippen molar-refractivity contribution in [1.82, 2.24) is 0 Å². The molecule has 2 N–H and O–H groups in total. The summed E-state index contributed by atoms with van der Waals surface area (Å²) in [6, 6.07) is 0.277. The van der Waals surface area contributed by atoms with Crippen LogP contribution in [0.1, 0.15) is 19.8 Å². The van der Waals surface area contributed by atoms with Gasteiger partial charge in [0.1, 0.15) is 0 Å². The lowest BCUT2D eigenvalue weighted by Gasteiger charge is -2.08. The molecule has 0 aromatic rings. The van der Waals surface area contributed by atoms with Crippen LogP contribution in [0.3, 0.4) is 0 Å². The molecule has 1 rings (SSSR count). The molecule has 0 spiro atoms. The Balaban J connectivity index is 1.96. The zero-order valence-electron chi connectivity index (χ0n) is 7.99. The fourth-order valence-corrected chi connectivity index (χ4v) is 2.05. The number of thioether (sulfide) groups is 1. The van der Waals surface area contributed by atoms with Gasteiger partial charge in [-0.25, -0.2) is 0 Å². The molecule has 0 aromatic carbocycles. The van der Waals surface area contributed by atoms with Gasteiger partial charge in [-0.05, 0) is 25.7 Å². The zero-order valence-corrected chi connectivity index (χ0v) is 8.81. The maximum atomic E-state index is 10.9. The highest BCUT2D eigenvalue weighted by atomic mass is 32.2. The summed E-state index contributed by atoms with van der Waals surface area (Å²) >= 11 is 1.58. The van der Waals surface area contributed by atoms with E-state index in [9.17, 15) is 4.79 Å². The van der Waals surface area contributed by atoms with Crippen LogP contribution in [0.15, 0.2) is 0 Å². The first kappa shape index (κ1) is 10.9. The number of hydrogen-bond donors (Lipinski definition) is 1. The summed E-state index contributed by atoms with van der Waals surface area (Å²) in [4.78, 5) is 10.9. The van der Waals surface area contributed by atoms with E-state index >= 15 is 0 Å². The monoisotopic (exact) mass is 203 g/mol. The maximum Gasteiger partial charge on any atom is 0.315 e. The summed E-state index contributed by atoms with van der Waals surface area (Å²) < 4.78 is 4.80. The van der Waals surface area contributed by atoms with Crippen molar-refractivity contribution in [3.05, 3.63) is 0 Å². The summed E-state index contributed by atoms with van der Waals surface area (Å²) in [5.74, 6) is 1.91. The molecule has 0 bridgehead atoms. The molecule has 1 saturated carbocycles. The van der Waals surface area contributed by atoms with Crippen LogP contribution < -0.4 is 5.73 Å². The summed E-state index contributed by atoms with van der Waals surface area (Å²) in [6.07, 6.45) is 2.53. The van der Waals surface area contributed by atoms with Crippen LogP contribution in [0.2, 0.25) is 0 Å². The summed E-state index contributed by atoms with van der Waals surface area (Å²) in [5, 5.41) is 0. The van der Waals surface area contributed by atoms with E-state index in [2.05, 4.69) is 0 Å². The van der Waals surface area contributed by atoms with E-state index in [-0.39, 0.29) is 12.0 Å². The van der Waals surface area contributed by atoms with E-state index in [1.165, 1.54) is 12.8 Å². The highest BCUT2D eigenvalue weighted by Crippen LogP contribution is 2.32. The number of ether oxygens (including phenoxy) is 1. The largest absolute Gasteiger partial charge is 0.465 e. The molecule has 4 heteroatoms. The van der Waals surface area contributed by atoms with Crippen molar-refractivity contribution >= 4 is 17.7 Å². The smallest absolute Gasteiger partial charge is 0.315 e. The number of nitrogens with two attached hydrogens (primary N) is 1. The third-order valence-corrected chi connectivity index (χ3v) is 3.12. The molecule has 0 aromatic heterocycles. The molecule has 13 heavy (non-hydrogen) atoms. The van der Waals surface area contributed by atoms with Gasteiger partial charge in [-0.3, -0.25) is 4.79 Å². The fraction of sp³-hybridized carbons (Fsp3) is 0.889. The van der Waals surface area contributed by atoms with E-state index in [1.54, 1.807) is 11.8 Å². The molecule has 0 heterocycles. The average Bonchev–Trinajstić information content (AvgIpc) is 2.86. The Kier molecular flexibility index (Phi) is 4.59. The second-order valence-corrected chi connectivity index (χ2v) is 4.35. The van der Waals surface area contributed by atoms with Crippen molar-refractivity contribution in [2.45, 2.75) is 25.8 Å². The average molecular weight is 203 g/mol. The van der Waals surface area contributed by atoms with Crippen molar-refractivity contribution in [1.29, 1.82) is 0 Å². The normalized spacial score (nSPS) is 18.3. The van der Waals surface area contributed by atoms with Gasteiger partial charge in [0, 0.05) is 11.8 Å². The molecule has 1 atom stereocenters. The molecule has 0 saturated heterocycles. The van der Waals surface area contributed by atoms with Gasteiger partial charge >= 0.3 is 5.97 Å². The second kappa shape index (κ2) is 5.50. The molecule has 0 aliphatic heterocycles. The predicted molar refractivity (Wildman–Crippen MR) is 54.7 cm³/mol. The Labute approximate surface area is 83.4 Å². The molecule has 3 nitrogen and oxygen atoms in total. The number of rotatable bonds is 6. The van der Waals surface area contributed by atoms with Crippen LogP contribution in [0.25, 0.3) is 0 Å². The Morgan fingerprint density at radius 1 is 1.69 bits per heavy atom. The van der Waals surface area contributed by atoms with E-state index in [0.29, 0.717) is 12.4 Å². The van der Waals surface area contributed by atoms with Crippen molar-refractivity contribution in [2.24, 2.45) is 11.7 Å². The van der Waals surface area contributed by atoms with Crippen molar-refractivity contribution < 1.29 is 9.53 Å². The second-order valence-electron chi connectivity index (χ2n) is 3.32. The van der Waals surface area contributed by atoms with E-state index in [0.717, 1.165) is 11.7 Å². The van der Waals surface area contributed by atoms with Crippen LogP contribution in [0, 0.1) is 5.92 Å². The highest BCUT2D eigenvalue weighted by molar-refractivity contribution is 7.99. The Bertz CT molecular complexity index is 171. The topological polar surface area (TPSA) is 52.3 Å². The van der Waals surface area contributed by atoms with Gasteiger partial charge in [-0.1, -0.05) is 0 Å². The Morgan fingerprint density at radius 3 is 2.92 bits per heavy atom. The van der Waals surface area contributed by atoms with Crippen LogP contribution in [0.5, 0.6) is 0 Å². The van der Waals surface area contributed by atoms with Crippen LogP contribution >= 0.6 is 11.8 Å². The summed E-state index contributed by atoms with van der Waals surface area (Å²) in [7, 11) is 0. The molecule has 1 aliphatic carbocycles. The van der Waals surface area contributed by atoms with Gasteiger partial charge in [-0.2, -0.15) is 0 Å². The number of esters is 1. The van der Waals surface area contributed by atoms with Gasteiger partial charge in [0.05, 0.1) is 12.4 Å². The number of hydrogen-bond acceptors (Lipinski definition) is 4. The van der Waals surface area contributed by atoms with Gasteiger partial charge in [0.2, 0.25) is 0 Å². The lowest BCUT2D eigenvalue weighted by molar-refractivity contribution is -0.139. The van der Waals surface area contributed by atoms with E-state index in [4.69, 9.17) is 10.5 Å². The molecule has 0 radical (unpaired) electrons. The number of carbonyl (C=O) groups is 1. The van der Waals surface area contributed by atoms with Gasteiger partial charge in [0.25, 0.3) is 0 Å². The van der Waals surface area contributed by atoms with Crippen molar-refractivity contribution in [3.8, 4) is 0 Å². The molecule has 1 aliphatic rings. The molecule has 1 fully saturated rings. The van der Waals surface area contributed by atoms with Crippen molar-refractivity contribution in [3.63, 3.8) is 0 Å². The standard InChI is InChI=1S/C9H17NO2S/c1-2-12-9(11)6-13-5-8(10)7-3-4-7/h7-8H,2-6,10H2,1H3. The van der Waals surface area contributed by atoms with Crippen molar-refractivity contribution in [2.75, 3.05) is 18.1 Å². The van der Waals surface area contributed by atoms with Gasteiger partial charge < -0.3 is 10.5 Å². The zero-order chi connectivity index (χ0) is 9.68. The first-order chi connectivity index (χ1) is 6.24. The lowest BCUT2D eigenvalue weighted by atomic mass is 10.2. The molecular formula is C9H17NO2S. The van der Waals surface area contributed by atoms with Crippen LogP contribution in [0.4, 0.5) is 0 Å². The molecule has 1 unspecified atom stereocenters. The Hall–Kier alpha value is -0.220. The fourth-order valence-electron chi connectivity index (χ4n) is 1.14. The van der Waals surface area contributed by atoms with Crippen LogP contribution in [-0.4, -0.2) is 30.1 Å². The summed E-state index contributed by atoms with van der Waals surface area (Å²) in [6.45, 7) is 2.28. The summed E-state index contributed by atoms with van der Waals surface area (Å²) in [5.41, 5.74) is 5.87. The number of carbonyl (C=O) groups excluding carboxylic acids is 1. The highest BCUT2D eigenvalue weighted by Gasteiger charge is 2.28. The lowest BCUT2D eigenvalue weighted by Crippen LogP contribution is -2.25. The third kappa shape index (κ3) is 4.52. The quantitative estimate of drug-likeness (QED) is 0.655. The molecular weight excluding hydrogens is 186 g/mol. The maximum absolute atomic E-state index is 10.9. The molecule has 0 amide bonds. The Morgan fingerprint density at radius 2 is 2.38 bits per heavy atom. The minimum Gasteiger partial charge on any atom is -0.465 e. The van der Waals surface area contributed by atoms with Crippen LogP contribution in [-0.2, 0) is 9.53 Å². The first-order valence-electron chi connectivity index (χ1n) is 4.73. The van der Waals surface area contributed by atoms with E-state index < -0.39 is 0 Å². The van der Waals surface area contributed by atoms with Gasteiger partial charge in [-0.15, -0.1) is 11.8 Å². The third-order valence-electron chi connectivity index (χ3n) is 2.06. The SMILES string of the molecule is CCOC(=O)CSCC(N)C1CC1. The minimum absolute atomic E-state index is 0.129. The minimum atomic E-state index is -0.129. The van der Waals surface area contributed by atoms with E-state index in [1.807, 2.05) is 6.92 Å². The first-order valence-corrected chi connectivity index (χ1v) is 5.88. The van der Waals surface area contributed by atoms with Gasteiger partial charge in [0.15, 0.2) is 0 Å². The predicted octanol–water partition coefficient (Wildman–Crippen LogP) is 1.02.